The number of alkyl halides is 6. The van der Waals surface area contributed by atoms with Gasteiger partial charge in [-0.15, -0.1) is 0 Å². The summed E-state index contributed by atoms with van der Waals surface area (Å²) in [4.78, 5) is 3.25. The van der Waals surface area contributed by atoms with Crippen LogP contribution in [0, 0.1) is 0 Å². The first-order valence-corrected chi connectivity index (χ1v) is 5.77. The van der Waals surface area contributed by atoms with Crippen LogP contribution in [0.25, 0.3) is 11.0 Å². The summed E-state index contributed by atoms with van der Waals surface area (Å²) < 4.78 is 77.1. The molecule has 0 N–H and O–H groups in total. The maximum Gasteiger partial charge on any atom is 0.449 e. The van der Waals surface area contributed by atoms with Crippen LogP contribution < -0.4 is 0 Å². The van der Waals surface area contributed by atoms with Gasteiger partial charge in [0.15, 0.2) is 0 Å². The molecule has 0 amide bonds. The van der Waals surface area contributed by atoms with Gasteiger partial charge in [0, 0.05) is 6.54 Å². The smallest absolute Gasteiger partial charge is 0.321 e. The molecule has 2 rings (SSSR count). The Bertz CT molecular complexity index is 655. The molecule has 2 nitrogen and oxygen atoms in total. The molecule has 0 fully saturated rings. The summed E-state index contributed by atoms with van der Waals surface area (Å²) in [6.45, 7) is 1.34. The van der Waals surface area contributed by atoms with E-state index in [4.69, 9.17) is 11.6 Å². The molecule has 110 valence electrons. The number of rotatable bonds is 1. The normalized spacial score (nSPS) is 13.2. The summed E-state index contributed by atoms with van der Waals surface area (Å²) in [6, 6.07) is 1.38. The molecular weight excluding hydrogens is 310 g/mol. The Morgan fingerprint density at radius 2 is 1.70 bits per heavy atom. The van der Waals surface area contributed by atoms with Gasteiger partial charge >= 0.3 is 12.4 Å². The van der Waals surface area contributed by atoms with Gasteiger partial charge in [-0.25, -0.2) is 4.98 Å². The Balaban J connectivity index is 2.79. The maximum absolute atomic E-state index is 12.8. The summed E-state index contributed by atoms with van der Waals surface area (Å²) in [5.41, 5.74) is -1.69. The lowest BCUT2D eigenvalue weighted by Crippen LogP contribution is -2.14. The molecule has 0 unspecified atom stereocenters. The molecule has 0 bridgehead atoms. The number of benzene rings is 1. The number of halogens is 7. The van der Waals surface area contributed by atoms with Gasteiger partial charge in [-0.2, -0.15) is 26.3 Å². The molecule has 0 saturated heterocycles. The van der Waals surface area contributed by atoms with Gasteiger partial charge < -0.3 is 4.57 Å². The summed E-state index contributed by atoms with van der Waals surface area (Å²) in [6.07, 6.45) is -9.50. The van der Waals surface area contributed by atoms with Gasteiger partial charge in [0.2, 0.25) is 5.82 Å². The minimum absolute atomic E-state index is 0.0853. The second-order valence-electron chi connectivity index (χ2n) is 4.00. The molecule has 2 aromatic rings. The maximum atomic E-state index is 12.8. The van der Waals surface area contributed by atoms with Gasteiger partial charge in [-0.3, -0.25) is 0 Å². The van der Waals surface area contributed by atoms with Crippen molar-refractivity contribution >= 4 is 22.6 Å². The van der Waals surface area contributed by atoms with Crippen molar-refractivity contribution in [3.05, 3.63) is 28.5 Å². The molecular formula is C11H7ClF6N2. The third-order valence-corrected chi connectivity index (χ3v) is 3.02. The Kier molecular flexibility index (Phi) is 3.40. The summed E-state index contributed by atoms with van der Waals surface area (Å²) in [5, 5.41) is -0.659. The minimum Gasteiger partial charge on any atom is -0.321 e. The van der Waals surface area contributed by atoms with E-state index in [2.05, 4.69) is 4.98 Å². The largest absolute Gasteiger partial charge is 0.449 e. The van der Waals surface area contributed by atoms with E-state index in [0.717, 1.165) is 10.6 Å². The molecule has 0 aliphatic heterocycles. The van der Waals surface area contributed by atoms with Crippen molar-refractivity contribution in [2.45, 2.75) is 25.8 Å². The van der Waals surface area contributed by atoms with Gasteiger partial charge in [0.05, 0.1) is 21.6 Å². The van der Waals surface area contributed by atoms with Crippen molar-refractivity contribution in [1.82, 2.24) is 9.55 Å². The zero-order valence-electron chi connectivity index (χ0n) is 9.90. The SMILES string of the molecule is CCn1c(C(F)(F)F)nc2cc(C(F)(F)F)c(Cl)cc21. The van der Waals surface area contributed by atoms with Gasteiger partial charge in [0.1, 0.15) is 0 Å². The number of aromatic nitrogens is 2. The van der Waals surface area contributed by atoms with Crippen molar-refractivity contribution in [1.29, 1.82) is 0 Å². The van der Waals surface area contributed by atoms with E-state index >= 15 is 0 Å². The first-order valence-electron chi connectivity index (χ1n) is 5.40. The van der Waals surface area contributed by atoms with Crippen LogP contribution in [-0.2, 0) is 18.9 Å². The van der Waals surface area contributed by atoms with Crippen LogP contribution >= 0.6 is 11.6 Å². The molecule has 0 spiro atoms. The summed E-state index contributed by atoms with van der Waals surface area (Å²) in [5.74, 6) is -1.25. The van der Waals surface area contributed by atoms with Crippen LogP contribution in [0.4, 0.5) is 26.3 Å². The molecule has 1 aromatic heterocycles. The Labute approximate surface area is 114 Å². The molecule has 0 aliphatic rings. The van der Waals surface area contributed by atoms with Crippen LogP contribution in [0.15, 0.2) is 12.1 Å². The third kappa shape index (κ3) is 2.44. The third-order valence-electron chi connectivity index (χ3n) is 2.71. The summed E-state index contributed by atoms with van der Waals surface area (Å²) >= 11 is 5.50. The van der Waals surface area contributed by atoms with Crippen LogP contribution in [-0.4, -0.2) is 9.55 Å². The quantitative estimate of drug-likeness (QED) is 0.694. The fourth-order valence-electron chi connectivity index (χ4n) is 1.90. The zero-order valence-corrected chi connectivity index (χ0v) is 10.7. The van der Waals surface area contributed by atoms with Crippen molar-refractivity contribution in [2.75, 3.05) is 0 Å². The van der Waals surface area contributed by atoms with E-state index in [0.29, 0.717) is 6.07 Å². The number of hydrogen-bond acceptors (Lipinski definition) is 1. The first kappa shape index (κ1) is 15.0. The molecule has 0 saturated carbocycles. The van der Waals surface area contributed by atoms with Crippen LogP contribution in [0.5, 0.6) is 0 Å². The summed E-state index contributed by atoms with van der Waals surface area (Å²) in [7, 11) is 0. The molecule has 0 radical (unpaired) electrons. The van der Waals surface area contributed by atoms with Crippen LogP contribution in [0.1, 0.15) is 18.3 Å². The number of hydrogen-bond donors (Lipinski definition) is 0. The number of aryl methyl sites for hydroxylation is 1. The Hall–Kier alpha value is -1.44. The fraction of sp³-hybridized carbons (Fsp3) is 0.364. The van der Waals surface area contributed by atoms with Gasteiger partial charge in [-0.1, -0.05) is 11.6 Å². The first-order chi connectivity index (χ1) is 9.05. The molecule has 1 heterocycles. The molecule has 1 aromatic carbocycles. The van der Waals surface area contributed by atoms with Crippen molar-refractivity contribution in [3.8, 4) is 0 Å². The van der Waals surface area contributed by atoms with E-state index in [1.54, 1.807) is 0 Å². The topological polar surface area (TPSA) is 17.8 Å². The van der Waals surface area contributed by atoms with Crippen molar-refractivity contribution < 1.29 is 26.3 Å². The lowest BCUT2D eigenvalue weighted by molar-refractivity contribution is -0.146. The highest BCUT2D eigenvalue weighted by Crippen LogP contribution is 2.38. The standard InChI is InChI=1S/C11H7ClF6N2/c1-2-20-8-4-6(12)5(10(13,14)15)3-7(8)19-9(20)11(16,17)18/h3-4H,2H2,1H3. The molecule has 9 heteroatoms. The highest BCUT2D eigenvalue weighted by Gasteiger charge is 2.39. The lowest BCUT2D eigenvalue weighted by Gasteiger charge is -2.10. The predicted molar refractivity (Wildman–Crippen MR) is 60.4 cm³/mol. The van der Waals surface area contributed by atoms with E-state index in [1.165, 1.54) is 6.92 Å². The van der Waals surface area contributed by atoms with Crippen LogP contribution in [0.3, 0.4) is 0 Å². The van der Waals surface area contributed by atoms with E-state index in [1.807, 2.05) is 0 Å². The van der Waals surface area contributed by atoms with Crippen molar-refractivity contribution in [3.63, 3.8) is 0 Å². The van der Waals surface area contributed by atoms with Gasteiger partial charge in [-0.05, 0) is 19.1 Å². The predicted octanol–water partition coefficient (Wildman–Crippen LogP) is 4.75. The molecule has 0 aliphatic carbocycles. The van der Waals surface area contributed by atoms with Gasteiger partial charge in [0.25, 0.3) is 0 Å². The monoisotopic (exact) mass is 316 g/mol. The zero-order chi connectivity index (χ0) is 15.3. The Morgan fingerprint density at radius 3 is 2.15 bits per heavy atom. The van der Waals surface area contributed by atoms with E-state index < -0.39 is 34.3 Å². The lowest BCUT2D eigenvalue weighted by atomic mass is 10.2. The second kappa shape index (κ2) is 4.54. The number of imidazole rings is 1. The fourth-order valence-corrected chi connectivity index (χ4v) is 2.16. The average Bonchev–Trinajstić information content (AvgIpc) is 2.63. The Morgan fingerprint density at radius 1 is 1.10 bits per heavy atom. The molecule has 0 atom stereocenters. The highest BCUT2D eigenvalue weighted by molar-refractivity contribution is 6.32. The average molecular weight is 317 g/mol. The number of fused-ring (bicyclic) bond motifs is 1. The minimum atomic E-state index is -4.75. The number of nitrogens with zero attached hydrogens (tertiary/aromatic N) is 2. The van der Waals surface area contributed by atoms with Crippen LogP contribution in [0.2, 0.25) is 5.02 Å². The van der Waals surface area contributed by atoms with E-state index in [-0.39, 0.29) is 12.1 Å². The molecule has 20 heavy (non-hydrogen) atoms. The highest BCUT2D eigenvalue weighted by atomic mass is 35.5. The van der Waals surface area contributed by atoms with E-state index in [9.17, 15) is 26.3 Å². The van der Waals surface area contributed by atoms with Crippen molar-refractivity contribution in [2.24, 2.45) is 0 Å². The second-order valence-corrected chi connectivity index (χ2v) is 4.40.